The predicted octanol–water partition coefficient (Wildman–Crippen LogP) is 7.55. The number of nitrogens with one attached hydrogen (secondary N) is 1. The fourth-order valence-electron chi connectivity index (χ4n) is 6.47. The van der Waals surface area contributed by atoms with Crippen LogP contribution in [0.1, 0.15) is 80.7 Å². The van der Waals surface area contributed by atoms with E-state index >= 15 is 0 Å². The quantitative estimate of drug-likeness (QED) is 0.131. The second-order valence-corrected chi connectivity index (χ2v) is 20.7. The average molecular weight is 748 g/mol. The number of aliphatic hydroxyl groups is 1. The van der Waals surface area contributed by atoms with E-state index in [1.54, 1.807) is 31.3 Å². The predicted molar refractivity (Wildman–Crippen MR) is 208 cm³/mol. The number of pyridine rings is 1. The van der Waals surface area contributed by atoms with Crippen molar-refractivity contribution < 1.29 is 38.1 Å². The number of nitrogens with zero attached hydrogens (tertiary/aromatic N) is 2. The summed E-state index contributed by atoms with van der Waals surface area (Å²) in [7, 11) is 2.26. The van der Waals surface area contributed by atoms with Gasteiger partial charge in [-0.05, 0) is 92.7 Å². The SMILES string of the molecule is COC(=O)c1c(Cc2ccc(OC)cc2OC)c2c(n(CO)c1=O)-c1cc3cc(CO[Si](C)(C)C(C)(C)C)[nH]c3cc1N(C(=O)OC(C)(C)C)CCC2. The van der Waals surface area contributed by atoms with Crippen LogP contribution in [-0.2, 0) is 40.1 Å². The molecule has 0 saturated heterocycles. The van der Waals surface area contributed by atoms with Gasteiger partial charge in [0.1, 0.15) is 29.4 Å². The van der Waals surface area contributed by atoms with E-state index in [2.05, 4.69) is 38.8 Å². The van der Waals surface area contributed by atoms with Crippen molar-refractivity contribution in [2.45, 2.75) is 97.9 Å². The third kappa shape index (κ3) is 8.02. The van der Waals surface area contributed by atoms with Crippen molar-refractivity contribution in [1.29, 1.82) is 0 Å². The van der Waals surface area contributed by atoms with Crippen LogP contribution in [0.2, 0.25) is 18.1 Å². The molecule has 3 heterocycles. The molecule has 2 aromatic carbocycles. The third-order valence-electron chi connectivity index (χ3n) is 10.2. The fourth-order valence-corrected chi connectivity index (χ4v) is 7.42. The monoisotopic (exact) mass is 747 g/mol. The van der Waals surface area contributed by atoms with Gasteiger partial charge in [0.15, 0.2) is 8.32 Å². The Kier molecular flexibility index (Phi) is 11.2. The number of H-pyrrole nitrogens is 1. The first kappa shape index (κ1) is 39.6. The van der Waals surface area contributed by atoms with Gasteiger partial charge in [0, 0.05) is 41.2 Å². The van der Waals surface area contributed by atoms with Crippen LogP contribution in [0, 0.1) is 0 Å². The number of ether oxygens (including phenoxy) is 4. The standard InChI is InChI=1S/C40H53N3O9Si/c1-39(2,3)52-38(47)42-16-12-13-28-29(18-24-14-15-27(48-7)20-33(24)49-8)34(37(46)50-9)36(45)43(23-44)35(28)30-19-25-17-26(41-31(25)21-32(30)42)22-51-53(10,11)40(4,5)6/h14-15,17,19-21,41,44H,12-13,16,18,22-23H2,1-11H3. The van der Waals surface area contributed by atoms with Crippen molar-refractivity contribution in [2.24, 2.45) is 0 Å². The van der Waals surface area contributed by atoms with Gasteiger partial charge in [0.2, 0.25) is 0 Å². The number of aliphatic hydroxyl groups excluding tert-OH is 1. The first-order chi connectivity index (χ1) is 24.8. The molecule has 0 unspecified atom stereocenters. The molecule has 2 aromatic heterocycles. The molecule has 0 bridgehead atoms. The van der Waals surface area contributed by atoms with Gasteiger partial charge >= 0.3 is 12.1 Å². The van der Waals surface area contributed by atoms with Gasteiger partial charge < -0.3 is 33.5 Å². The number of methoxy groups -OCH3 is 3. The molecule has 0 aliphatic carbocycles. The van der Waals surface area contributed by atoms with Crippen molar-refractivity contribution >= 4 is 37.0 Å². The van der Waals surface area contributed by atoms with Gasteiger partial charge in [-0.3, -0.25) is 14.3 Å². The van der Waals surface area contributed by atoms with E-state index in [-0.39, 0.29) is 23.6 Å². The summed E-state index contributed by atoms with van der Waals surface area (Å²) in [5, 5.41) is 11.7. The van der Waals surface area contributed by atoms with Crippen LogP contribution in [0.3, 0.4) is 0 Å². The molecular weight excluding hydrogens is 695 g/mol. The van der Waals surface area contributed by atoms with Crippen molar-refractivity contribution in [2.75, 3.05) is 32.8 Å². The minimum absolute atomic E-state index is 0.0246. The number of esters is 1. The van der Waals surface area contributed by atoms with Gasteiger partial charge in [0.05, 0.1) is 39.3 Å². The summed E-state index contributed by atoms with van der Waals surface area (Å²) in [6.45, 7) is 16.4. The van der Waals surface area contributed by atoms with E-state index in [9.17, 15) is 19.5 Å². The molecule has 2 N–H and O–H groups in total. The van der Waals surface area contributed by atoms with Gasteiger partial charge in [-0.1, -0.05) is 26.8 Å². The number of anilines is 1. The molecule has 1 aliphatic heterocycles. The molecule has 0 spiro atoms. The zero-order valence-corrected chi connectivity index (χ0v) is 33.8. The molecule has 5 rings (SSSR count). The molecule has 1 amide bonds. The van der Waals surface area contributed by atoms with Crippen LogP contribution < -0.4 is 19.9 Å². The normalized spacial score (nSPS) is 13.5. The molecule has 1 aliphatic rings. The number of rotatable bonds is 9. The largest absolute Gasteiger partial charge is 0.497 e. The van der Waals surface area contributed by atoms with Crippen LogP contribution in [0.5, 0.6) is 11.5 Å². The maximum absolute atomic E-state index is 14.4. The summed E-state index contributed by atoms with van der Waals surface area (Å²) >= 11 is 0. The van der Waals surface area contributed by atoms with Crippen LogP contribution in [0.15, 0.2) is 41.2 Å². The smallest absolute Gasteiger partial charge is 0.414 e. The van der Waals surface area contributed by atoms with E-state index in [1.807, 2.05) is 45.0 Å². The molecule has 0 saturated carbocycles. The van der Waals surface area contributed by atoms with Crippen LogP contribution in [-0.4, -0.2) is 68.5 Å². The molecule has 286 valence electrons. The Morgan fingerprint density at radius 1 is 0.981 bits per heavy atom. The molecule has 12 nitrogen and oxygen atoms in total. The summed E-state index contributed by atoms with van der Waals surface area (Å²) in [5.74, 6) is 0.294. The summed E-state index contributed by atoms with van der Waals surface area (Å²) < 4.78 is 29.9. The number of carbonyl (C=O) groups is 2. The lowest BCUT2D eigenvalue weighted by molar-refractivity contribution is 0.0576. The van der Waals surface area contributed by atoms with Crippen LogP contribution in [0.4, 0.5) is 10.5 Å². The summed E-state index contributed by atoms with van der Waals surface area (Å²) in [6.07, 6.45) is 0.426. The number of aromatic nitrogens is 2. The maximum Gasteiger partial charge on any atom is 0.414 e. The molecule has 0 fully saturated rings. The second kappa shape index (κ2) is 15.0. The summed E-state index contributed by atoms with van der Waals surface area (Å²) in [5.41, 5.74) is 3.25. The van der Waals surface area contributed by atoms with Gasteiger partial charge in [0.25, 0.3) is 5.56 Å². The molecular formula is C40H53N3O9Si. The van der Waals surface area contributed by atoms with Crippen molar-refractivity contribution in [3.63, 3.8) is 0 Å². The van der Waals surface area contributed by atoms with E-state index in [0.29, 0.717) is 64.6 Å². The number of hydrogen-bond acceptors (Lipinski definition) is 9. The number of carbonyl (C=O) groups excluding carboxylic acids is 2. The van der Waals surface area contributed by atoms with Crippen molar-refractivity contribution in [3.05, 3.63) is 74.7 Å². The minimum Gasteiger partial charge on any atom is -0.497 e. The highest BCUT2D eigenvalue weighted by Crippen LogP contribution is 2.42. The van der Waals surface area contributed by atoms with Gasteiger partial charge in [-0.25, -0.2) is 9.59 Å². The Labute approximate surface area is 312 Å². The second-order valence-electron chi connectivity index (χ2n) is 15.9. The third-order valence-corrected chi connectivity index (χ3v) is 14.7. The highest BCUT2D eigenvalue weighted by atomic mass is 28.4. The molecule has 0 radical (unpaired) electrons. The van der Waals surface area contributed by atoms with Crippen LogP contribution in [0.25, 0.3) is 22.2 Å². The first-order valence-electron chi connectivity index (χ1n) is 17.8. The summed E-state index contributed by atoms with van der Waals surface area (Å²) in [4.78, 5) is 46.8. The lowest BCUT2D eigenvalue weighted by atomic mass is 9.87. The Morgan fingerprint density at radius 3 is 2.30 bits per heavy atom. The van der Waals surface area contributed by atoms with E-state index < -0.39 is 38.3 Å². The Morgan fingerprint density at radius 2 is 1.70 bits per heavy atom. The average Bonchev–Trinajstić information content (AvgIpc) is 3.49. The Hall–Kier alpha value is -4.59. The van der Waals surface area contributed by atoms with Crippen molar-refractivity contribution in [1.82, 2.24) is 9.55 Å². The number of fused-ring (bicyclic) bond motifs is 4. The van der Waals surface area contributed by atoms with Gasteiger partial charge in [-0.2, -0.15) is 0 Å². The number of amides is 1. The fraction of sp³-hybridized carbons (Fsp3) is 0.475. The van der Waals surface area contributed by atoms with E-state index in [0.717, 1.165) is 16.6 Å². The zero-order valence-electron chi connectivity index (χ0n) is 32.8. The number of aromatic amines is 1. The lowest BCUT2D eigenvalue weighted by Gasteiger charge is -2.36. The summed E-state index contributed by atoms with van der Waals surface area (Å²) in [6, 6.07) is 11.2. The number of hydrogen-bond donors (Lipinski definition) is 2. The maximum atomic E-state index is 14.4. The zero-order chi connectivity index (χ0) is 39.0. The Bertz CT molecular complexity index is 2090. The lowest BCUT2D eigenvalue weighted by Crippen LogP contribution is -2.40. The minimum atomic E-state index is -2.07. The van der Waals surface area contributed by atoms with E-state index in [1.165, 1.54) is 11.7 Å². The molecule has 13 heteroatoms. The number of benzene rings is 2. The van der Waals surface area contributed by atoms with Crippen molar-refractivity contribution in [3.8, 4) is 22.8 Å². The highest BCUT2D eigenvalue weighted by Gasteiger charge is 2.37. The Balaban J connectivity index is 1.81. The molecule has 53 heavy (non-hydrogen) atoms. The molecule has 4 aromatic rings. The van der Waals surface area contributed by atoms with Crippen LogP contribution >= 0.6 is 0 Å². The van der Waals surface area contributed by atoms with Gasteiger partial charge in [-0.15, -0.1) is 0 Å². The highest BCUT2D eigenvalue weighted by molar-refractivity contribution is 6.74. The first-order valence-corrected chi connectivity index (χ1v) is 20.7. The topological polar surface area (TPSA) is 142 Å². The molecule has 0 atom stereocenters. The van der Waals surface area contributed by atoms with E-state index in [4.69, 9.17) is 23.4 Å².